The Morgan fingerprint density at radius 1 is 0.963 bits per heavy atom. The van der Waals surface area contributed by atoms with Crippen molar-refractivity contribution < 1.29 is 26.3 Å². The van der Waals surface area contributed by atoms with Gasteiger partial charge in [0.2, 0.25) is 10.0 Å². The summed E-state index contributed by atoms with van der Waals surface area (Å²) in [4.78, 5) is 0.0458. The van der Waals surface area contributed by atoms with Crippen LogP contribution >= 0.6 is 0 Å². The van der Waals surface area contributed by atoms with E-state index in [4.69, 9.17) is 9.47 Å². The van der Waals surface area contributed by atoms with Crippen LogP contribution in [0, 0.1) is 0 Å². The maximum Gasteiger partial charge on any atom is 0.262 e. The quantitative estimate of drug-likeness (QED) is 0.772. The van der Waals surface area contributed by atoms with Crippen LogP contribution in [0.5, 0.6) is 5.75 Å². The van der Waals surface area contributed by atoms with Crippen LogP contribution < -0.4 is 9.46 Å². The van der Waals surface area contributed by atoms with Gasteiger partial charge in [0.05, 0.1) is 35.8 Å². The second-order valence-corrected chi connectivity index (χ2v) is 9.42. The Kier molecular flexibility index (Phi) is 5.70. The van der Waals surface area contributed by atoms with Crippen LogP contribution in [-0.4, -0.2) is 54.6 Å². The average molecular weight is 412 g/mol. The van der Waals surface area contributed by atoms with Crippen molar-refractivity contribution in [3.8, 4) is 5.75 Å². The predicted octanol–water partition coefficient (Wildman–Crippen LogP) is 1.52. The van der Waals surface area contributed by atoms with Gasteiger partial charge in [-0.15, -0.1) is 0 Å². The highest BCUT2D eigenvalue weighted by molar-refractivity contribution is 7.92. The average Bonchev–Trinajstić information content (AvgIpc) is 2.69. The third-order valence-corrected chi connectivity index (χ3v) is 7.35. The van der Waals surface area contributed by atoms with Gasteiger partial charge >= 0.3 is 0 Å². The molecule has 0 spiro atoms. The Morgan fingerprint density at radius 2 is 1.63 bits per heavy atom. The van der Waals surface area contributed by atoms with E-state index in [-0.39, 0.29) is 34.3 Å². The van der Waals surface area contributed by atoms with Gasteiger partial charge in [-0.3, -0.25) is 4.72 Å². The number of sulfonamides is 2. The van der Waals surface area contributed by atoms with Crippen LogP contribution in [0.2, 0.25) is 0 Å². The standard InChI is InChI=1S/C17H20N2O6S2/c1-24-17-8-7-15(27(22,23)19-9-11-25-12-10-19)13-16(17)18-26(20,21)14-5-3-2-4-6-14/h2-8,13,18H,9-12H2,1H3. The molecule has 1 aliphatic rings. The lowest BCUT2D eigenvalue weighted by atomic mass is 10.3. The van der Waals surface area contributed by atoms with E-state index >= 15 is 0 Å². The van der Waals surface area contributed by atoms with E-state index in [0.29, 0.717) is 13.2 Å². The number of hydrogen-bond donors (Lipinski definition) is 1. The van der Waals surface area contributed by atoms with Crippen molar-refractivity contribution in [2.75, 3.05) is 38.1 Å². The molecule has 1 aliphatic heterocycles. The molecule has 2 aromatic rings. The maximum atomic E-state index is 12.8. The fourth-order valence-electron chi connectivity index (χ4n) is 2.67. The molecule has 1 N–H and O–H groups in total. The van der Waals surface area contributed by atoms with Crippen molar-refractivity contribution in [3.63, 3.8) is 0 Å². The molecule has 0 bridgehead atoms. The van der Waals surface area contributed by atoms with Crippen LogP contribution in [0.4, 0.5) is 5.69 Å². The largest absolute Gasteiger partial charge is 0.495 e. The van der Waals surface area contributed by atoms with Crippen molar-refractivity contribution in [1.29, 1.82) is 0 Å². The van der Waals surface area contributed by atoms with Crippen molar-refractivity contribution >= 4 is 25.7 Å². The van der Waals surface area contributed by atoms with E-state index in [1.54, 1.807) is 18.2 Å². The normalized spacial score (nSPS) is 16.0. The molecule has 0 aliphatic carbocycles. The van der Waals surface area contributed by atoms with E-state index in [1.165, 1.54) is 41.7 Å². The SMILES string of the molecule is COc1ccc(S(=O)(=O)N2CCOCC2)cc1NS(=O)(=O)c1ccccc1. The molecule has 146 valence electrons. The van der Waals surface area contributed by atoms with Gasteiger partial charge in [0.15, 0.2) is 0 Å². The Labute approximate surface area is 158 Å². The fourth-order valence-corrected chi connectivity index (χ4v) is 5.18. The molecule has 0 atom stereocenters. The van der Waals surface area contributed by atoms with Crippen molar-refractivity contribution in [2.24, 2.45) is 0 Å². The smallest absolute Gasteiger partial charge is 0.262 e. The topological polar surface area (TPSA) is 102 Å². The van der Waals surface area contributed by atoms with Crippen LogP contribution in [0.1, 0.15) is 0 Å². The number of rotatable bonds is 6. The first-order chi connectivity index (χ1) is 12.8. The minimum Gasteiger partial charge on any atom is -0.495 e. The summed E-state index contributed by atoms with van der Waals surface area (Å²) >= 11 is 0. The Balaban J connectivity index is 1.97. The van der Waals surface area contributed by atoms with E-state index in [0.717, 1.165) is 0 Å². The molecule has 10 heteroatoms. The molecule has 0 saturated carbocycles. The van der Waals surface area contributed by atoms with Crippen LogP contribution in [0.15, 0.2) is 58.3 Å². The lowest BCUT2D eigenvalue weighted by Gasteiger charge is -2.26. The van der Waals surface area contributed by atoms with Gasteiger partial charge in [-0.05, 0) is 30.3 Å². The molecule has 3 rings (SSSR count). The van der Waals surface area contributed by atoms with Gasteiger partial charge < -0.3 is 9.47 Å². The zero-order valence-electron chi connectivity index (χ0n) is 14.7. The molecular formula is C17H20N2O6S2. The van der Waals surface area contributed by atoms with Crippen molar-refractivity contribution in [2.45, 2.75) is 9.79 Å². The lowest BCUT2D eigenvalue weighted by Crippen LogP contribution is -2.40. The third kappa shape index (κ3) is 4.24. The van der Waals surface area contributed by atoms with Gasteiger partial charge in [0, 0.05) is 13.1 Å². The second-order valence-electron chi connectivity index (χ2n) is 5.80. The molecule has 0 amide bonds. The number of nitrogens with one attached hydrogen (secondary N) is 1. The van der Waals surface area contributed by atoms with Crippen LogP contribution in [0.3, 0.4) is 0 Å². The zero-order chi connectivity index (χ0) is 19.5. The molecule has 0 unspecified atom stereocenters. The van der Waals surface area contributed by atoms with Gasteiger partial charge in [-0.1, -0.05) is 18.2 Å². The highest BCUT2D eigenvalue weighted by Gasteiger charge is 2.27. The predicted molar refractivity (Wildman–Crippen MR) is 99.8 cm³/mol. The summed E-state index contributed by atoms with van der Waals surface area (Å²) in [5.74, 6) is 0.218. The number of anilines is 1. The highest BCUT2D eigenvalue weighted by Crippen LogP contribution is 2.31. The van der Waals surface area contributed by atoms with E-state index in [1.807, 2.05) is 0 Å². The molecule has 1 fully saturated rings. The fraction of sp³-hybridized carbons (Fsp3) is 0.294. The van der Waals surface area contributed by atoms with E-state index in [2.05, 4.69) is 4.72 Å². The summed E-state index contributed by atoms with van der Waals surface area (Å²) in [6, 6.07) is 11.9. The summed E-state index contributed by atoms with van der Waals surface area (Å²) in [7, 11) is -6.28. The highest BCUT2D eigenvalue weighted by atomic mass is 32.2. The van der Waals surface area contributed by atoms with E-state index < -0.39 is 20.0 Å². The van der Waals surface area contributed by atoms with Crippen LogP contribution in [0.25, 0.3) is 0 Å². The molecular weight excluding hydrogens is 392 g/mol. The molecule has 2 aromatic carbocycles. The third-order valence-electron chi connectivity index (χ3n) is 4.08. The second kappa shape index (κ2) is 7.85. The summed E-state index contributed by atoms with van der Waals surface area (Å²) in [6.07, 6.45) is 0. The maximum absolute atomic E-state index is 12.8. The first-order valence-corrected chi connectivity index (χ1v) is 11.1. The minimum absolute atomic E-state index is 0.0176. The Morgan fingerprint density at radius 3 is 2.26 bits per heavy atom. The first-order valence-electron chi connectivity index (χ1n) is 8.18. The Hall–Kier alpha value is -2.14. The zero-order valence-corrected chi connectivity index (χ0v) is 16.3. The number of morpholine rings is 1. The van der Waals surface area contributed by atoms with Gasteiger partial charge in [-0.25, -0.2) is 16.8 Å². The monoisotopic (exact) mass is 412 g/mol. The van der Waals surface area contributed by atoms with Crippen LogP contribution in [-0.2, 0) is 24.8 Å². The molecule has 8 nitrogen and oxygen atoms in total. The van der Waals surface area contributed by atoms with Gasteiger partial charge in [0.1, 0.15) is 5.75 Å². The van der Waals surface area contributed by atoms with Crippen molar-refractivity contribution in [1.82, 2.24) is 4.31 Å². The number of nitrogens with zero attached hydrogens (tertiary/aromatic N) is 1. The summed E-state index contributed by atoms with van der Waals surface area (Å²) in [5.41, 5.74) is 0.0516. The van der Waals surface area contributed by atoms with Crippen molar-refractivity contribution in [3.05, 3.63) is 48.5 Å². The summed E-state index contributed by atoms with van der Waals surface area (Å²) in [6.45, 7) is 1.14. The number of hydrogen-bond acceptors (Lipinski definition) is 6. The minimum atomic E-state index is -3.89. The number of benzene rings is 2. The molecule has 1 heterocycles. The lowest BCUT2D eigenvalue weighted by molar-refractivity contribution is 0.0730. The molecule has 0 aromatic heterocycles. The Bertz CT molecular complexity index is 1000. The number of methoxy groups -OCH3 is 1. The van der Waals surface area contributed by atoms with Gasteiger partial charge in [0.25, 0.3) is 10.0 Å². The molecule has 27 heavy (non-hydrogen) atoms. The molecule has 1 saturated heterocycles. The van der Waals surface area contributed by atoms with E-state index in [9.17, 15) is 16.8 Å². The molecule has 0 radical (unpaired) electrons. The summed E-state index contributed by atoms with van der Waals surface area (Å²) < 4.78 is 64.9. The van der Waals surface area contributed by atoms with Gasteiger partial charge in [-0.2, -0.15) is 4.31 Å². The number of ether oxygens (including phenoxy) is 2. The first kappa shape index (κ1) is 19.6. The summed E-state index contributed by atoms with van der Waals surface area (Å²) in [5, 5.41) is 0.